The summed E-state index contributed by atoms with van der Waals surface area (Å²) in [4.78, 5) is 0.0502. The molecule has 0 amide bonds. The average molecular weight is 290 g/mol. The van der Waals surface area contributed by atoms with Crippen molar-refractivity contribution in [3.05, 3.63) is 29.8 Å². The van der Waals surface area contributed by atoms with Crippen molar-refractivity contribution in [2.24, 2.45) is 0 Å². The Balaban J connectivity index is 2.41. The van der Waals surface area contributed by atoms with Crippen LogP contribution in [0.15, 0.2) is 29.2 Å². The van der Waals surface area contributed by atoms with Crippen LogP contribution in [0, 0.1) is 6.92 Å². The SMILES string of the molecule is Cc1ccc(S(=O)(=O)[C@H]2CS(=O)(=O)C[C@@H]2O)cc1. The van der Waals surface area contributed by atoms with Gasteiger partial charge in [-0.1, -0.05) is 17.7 Å². The lowest BCUT2D eigenvalue weighted by Crippen LogP contribution is -2.32. The first-order valence-electron chi connectivity index (χ1n) is 5.41. The molecule has 1 N–H and O–H groups in total. The highest BCUT2D eigenvalue weighted by Crippen LogP contribution is 2.25. The number of aliphatic hydroxyl groups is 1. The first-order valence-corrected chi connectivity index (χ1v) is 8.78. The molecule has 1 aromatic rings. The van der Waals surface area contributed by atoms with E-state index in [-0.39, 0.29) is 4.90 Å². The van der Waals surface area contributed by atoms with E-state index in [1.54, 1.807) is 12.1 Å². The summed E-state index contributed by atoms with van der Waals surface area (Å²) in [6.07, 6.45) is -1.35. The Morgan fingerprint density at radius 3 is 2.17 bits per heavy atom. The number of hydrogen-bond donors (Lipinski definition) is 1. The van der Waals surface area contributed by atoms with Gasteiger partial charge in [-0.3, -0.25) is 0 Å². The molecule has 100 valence electrons. The van der Waals surface area contributed by atoms with Crippen molar-refractivity contribution >= 4 is 19.7 Å². The molecule has 7 heteroatoms. The van der Waals surface area contributed by atoms with Crippen LogP contribution < -0.4 is 0 Å². The van der Waals surface area contributed by atoms with Crippen molar-refractivity contribution in [2.45, 2.75) is 23.2 Å². The van der Waals surface area contributed by atoms with Crippen LogP contribution in [0.1, 0.15) is 5.56 Å². The summed E-state index contributed by atoms with van der Waals surface area (Å²) >= 11 is 0. The average Bonchev–Trinajstić information content (AvgIpc) is 2.53. The standard InChI is InChI=1S/C11H14O5S2/c1-8-2-4-9(5-3-8)18(15,16)11-7-17(13,14)6-10(11)12/h2-5,10-12H,6-7H2,1H3/t10-,11-/m0/s1. The van der Waals surface area contributed by atoms with E-state index in [9.17, 15) is 21.9 Å². The zero-order chi connectivity index (χ0) is 13.6. The fourth-order valence-corrected chi connectivity index (χ4v) is 6.44. The topological polar surface area (TPSA) is 88.5 Å². The minimum atomic E-state index is -3.80. The maximum Gasteiger partial charge on any atom is 0.184 e. The van der Waals surface area contributed by atoms with Crippen LogP contribution in [0.4, 0.5) is 0 Å². The number of aryl methyl sites for hydroxylation is 1. The van der Waals surface area contributed by atoms with Gasteiger partial charge in [0.05, 0.1) is 22.5 Å². The number of sulfone groups is 2. The third kappa shape index (κ3) is 2.43. The predicted octanol–water partition coefficient (Wildman–Crippen LogP) is -0.0734. The second-order valence-corrected chi connectivity index (χ2v) is 8.86. The molecule has 0 unspecified atom stereocenters. The Hall–Kier alpha value is -0.920. The van der Waals surface area contributed by atoms with Gasteiger partial charge in [-0.2, -0.15) is 0 Å². The number of rotatable bonds is 2. The minimum absolute atomic E-state index is 0.0502. The zero-order valence-electron chi connectivity index (χ0n) is 9.78. The maximum atomic E-state index is 12.2. The molecule has 2 rings (SSSR count). The molecule has 0 aliphatic carbocycles. The largest absolute Gasteiger partial charge is 0.391 e. The van der Waals surface area contributed by atoms with E-state index in [0.717, 1.165) is 5.56 Å². The molecule has 0 bridgehead atoms. The fourth-order valence-electron chi connectivity index (χ4n) is 2.00. The lowest BCUT2D eigenvalue weighted by Gasteiger charge is -2.13. The highest BCUT2D eigenvalue weighted by molar-refractivity contribution is 7.96. The molecule has 18 heavy (non-hydrogen) atoms. The molecule has 0 spiro atoms. The highest BCUT2D eigenvalue weighted by Gasteiger charge is 2.44. The van der Waals surface area contributed by atoms with Gasteiger partial charge in [0.1, 0.15) is 5.25 Å². The van der Waals surface area contributed by atoms with Crippen molar-refractivity contribution in [1.29, 1.82) is 0 Å². The van der Waals surface area contributed by atoms with E-state index in [0.29, 0.717) is 0 Å². The molecule has 1 fully saturated rings. The molecule has 1 aromatic carbocycles. The predicted molar refractivity (Wildman–Crippen MR) is 66.8 cm³/mol. The van der Waals surface area contributed by atoms with Crippen molar-refractivity contribution in [2.75, 3.05) is 11.5 Å². The van der Waals surface area contributed by atoms with Crippen LogP contribution in [0.25, 0.3) is 0 Å². The molecular weight excluding hydrogens is 276 g/mol. The van der Waals surface area contributed by atoms with Gasteiger partial charge >= 0.3 is 0 Å². The summed E-state index contributed by atoms with van der Waals surface area (Å²) in [5.74, 6) is -0.993. The van der Waals surface area contributed by atoms with Crippen LogP contribution in [-0.4, -0.2) is 44.8 Å². The van der Waals surface area contributed by atoms with Crippen molar-refractivity contribution in [3.8, 4) is 0 Å². The third-order valence-electron chi connectivity index (χ3n) is 3.02. The normalized spacial score (nSPS) is 27.2. The number of benzene rings is 1. The molecule has 1 aliphatic heterocycles. The quantitative estimate of drug-likeness (QED) is 0.823. The maximum absolute atomic E-state index is 12.2. The van der Waals surface area contributed by atoms with E-state index < -0.39 is 42.5 Å². The van der Waals surface area contributed by atoms with Gasteiger partial charge in [0.2, 0.25) is 0 Å². The van der Waals surface area contributed by atoms with Gasteiger partial charge in [0, 0.05) is 0 Å². The minimum Gasteiger partial charge on any atom is -0.391 e. The summed E-state index contributed by atoms with van der Waals surface area (Å²) in [6, 6.07) is 6.15. The lowest BCUT2D eigenvalue weighted by molar-refractivity contribution is 0.204. The summed E-state index contributed by atoms with van der Waals surface area (Å²) in [6.45, 7) is 1.82. The first kappa shape index (κ1) is 13.5. The van der Waals surface area contributed by atoms with E-state index in [1.165, 1.54) is 12.1 Å². The Bertz CT molecular complexity index is 643. The second-order valence-electron chi connectivity index (χ2n) is 4.54. The van der Waals surface area contributed by atoms with Crippen LogP contribution in [0.3, 0.4) is 0 Å². The molecule has 0 radical (unpaired) electrons. The number of hydrogen-bond acceptors (Lipinski definition) is 5. The second kappa shape index (κ2) is 4.32. The van der Waals surface area contributed by atoms with E-state index in [1.807, 2.05) is 6.92 Å². The van der Waals surface area contributed by atoms with Crippen LogP contribution >= 0.6 is 0 Å². The fraction of sp³-hybridized carbons (Fsp3) is 0.455. The smallest absolute Gasteiger partial charge is 0.184 e. The highest BCUT2D eigenvalue weighted by atomic mass is 32.2. The third-order valence-corrected chi connectivity index (χ3v) is 7.15. The molecule has 5 nitrogen and oxygen atoms in total. The van der Waals surface area contributed by atoms with E-state index in [4.69, 9.17) is 0 Å². The number of aliphatic hydroxyl groups excluding tert-OH is 1. The van der Waals surface area contributed by atoms with Crippen molar-refractivity contribution in [1.82, 2.24) is 0 Å². The van der Waals surface area contributed by atoms with Gasteiger partial charge in [0.25, 0.3) is 0 Å². The summed E-state index contributed by atoms with van der Waals surface area (Å²) in [7, 11) is -7.28. The Morgan fingerprint density at radius 2 is 1.72 bits per heavy atom. The summed E-state index contributed by atoms with van der Waals surface area (Å²) in [5.41, 5.74) is 0.911. The molecular formula is C11H14O5S2. The van der Waals surface area contributed by atoms with Gasteiger partial charge in [0.15, 0.2) is 19.7 Å². The molecule has 1 saturated heterocycles. The monoisotopic (exact) mass is 290 g/mol. The van der Waals surface area contributed by atoms with Crippen LogP contribution in [-0.2, 0) is 19.7 Å². The summed E-state index contributed by atoms with van der Waals surface area (Å²) < 4.78 is 47.2. The Kier molecular flexibility index (Phi) is 3.25. The molecule has 2 atom stereocenters. The van der Waals surface area contributed by atoms with Crippen LogP contribution in [0.2, 0.25) is 0 Å². The Labute approximate surface area is 106 Å². The molecule has 1 heterocycles. The molecule has 0 aromatic heterocycles. The van der Waals surface area contributed by atoms with Crippen molar-refractivity contribution < 1.29 is 21.9 Å². The Morgan fingerprint density at radius 1 is 1.17 bits per heavy atom. The van der Waals surface area contributed by atoms with Crippen molar-refractivity contribution in [3.63, 3.8) is 0 Å². The van der Waals surface area contributed by atoms with Crippen LogP contribution in [0.5, 0.6) is 0 Å². The lowest BCUT2D eigenvalue weighted by atomic mass is 10.2. The van der Waals surface area contributed by atoms with Gasteiger partial charge in [-0.05, 0) is 19.1 Å². The van der Waals surface area contributed by atoms with Gasteiger partial charge in [-0.15, -0.1) is 0 Å². The van der Waals surface area contributed by atoms with Gasteiger partial charge in [-0.25, -0.2) is 16.8 Å². The van der Waals surface area contributed by atoms with E-state index in [2.05, 4.69) is 0 Å². The summed E-state index contributed by atoms with van der Waals surface area (Å²) in [5, 5.41) is 8.36. The van der Waals surface area contributed by atoms with Gasteiger partial charge < -0.3 is 5.11 Å². The molecule has 0 saturated carbocycles. The zero-order valence-corrected chi connectivity index (χ0v) is 11.4. The van der Waals surface area contributed by atoms with E-state index >= 15 is 0 Å². The molecule has 1 aliphatic rings. The first-order chi connectivity index (χ1) is 8.22.